The highest BCUT2D eigenvalue weighted by Crippen LogP contribution is 2.45. The fourth-order valence-electron chi connectivity index (χ4n) is 8.45. The number of nitrogens with zero attached hydrogens (tertiary/aromatic N) is 4. The van der Waals surface area contributed by atoms with Gasteiger partial charge >= 0.3 is 0 Å². The Morgan fingerprint density at radius 3 is 1.53 bits per heavy atom. The molecule has 0 N–H and O–H groups in total. The summed E-state index contributed by atoms with van der Waals surface area (Å²) in [6, 6.07) is 64.9. The Balaban J connectivity index is 1.02. The number of benzene rings is 8. The summed E-state index contributed by atoms with van der Waals surface area (Å²) in [4.78, 5) is 15.0. The third-order valence-electron chi connectivity index (χ3n) is 11.1. The lowest BCUT2D eigenvalue weighted by atomic mass is 10.00. The Kier molecular flexibility index (Phi) is 7.24. The molecule has 8 aromatic carbocycles. The maximum atomic E-state index is 5.03. The van der Waals surface area contributed by atoms with E-state index in [0.717, 1.165) is 16.7 Å². The van der Waals surface area contributed by atoms with Crippen molar-refractivity contribution < 1.29 is 0 Å². The number of fused-ring (bicyclic) bond motifs is 9. The number of para-hydroxylation sites is 2. The molecule has 0 spiro atoms. The Bertz CT molecular complexity index is 3410. The van der Waals surface area contributed by atoms with Gasteiger partial charge in [0.1, 0.15) is 0 Å². The van der Waals surface area contributed by atoms with Gasteiger partial charge in [-0.15, -0.1) is 22.7 Å². The minimum atomic E-state index is 0.661. The van der Waals surface area contributed by atoms with E-state index in [9.17, 15) is 0 Å². The molecule has 12 rings (SSSR count). The number of thiophene rings is 2. The first-order chi connectivity index (χ1) is 28.2. The standard InChI is InChI=1S/C51H30N4S2/c1-3-13-31(14-4-1)49-52-50(32-15-5-2-6-16-32)54-51(53-49)34-26-28-45-40(30-34)39-29-33(25-27-44(39)56-45)35-19-11-20-38-47-43(23-12-24-46(47)57-48(35)38)55-41-21-9-7-17-36(41)37-18-8-10-22-42(37)55/h1-30H. The molecule has 0 saturated heterocycles. The zero-order valence-corrected chi connectivity index (χ0v) is 32.1. The van der Waals surface area contributed by atoms with E-state index in [4.69, 9.17) is 15.0 Å². The molecular weight excluding hydrogens is 733 g/mol. The topological polar surface area (TPSA) is 43.6 Å². The summed E-state index contributed by atoms with van der Waals surface area (Å²) in [6.07, 6.45) is 0. The lowest BCUT2D eigenvalue weighted by Gasteiger charge is -2.10. The van der Waals surface area contributed by atoms with Crippen LogP contribution in [-0.2, 0) is 0 Å². The van der Waals surface area contributed by atoms with Crippen molar-refractivity contribution in [3.8, 4) is 51.0 Å². The van der Waals surface area contributed by atoms with Gasteiger partial charge in [-0.3, -0.25) is 0 Å². The summed E-state index contributed by atoms with van der Waals surface area (Å²) in [5.41, 5.74) is 9.00. The lowest BCUT2D eigenvalue weighted by Crippen LogP contribution is -2.00. The van der Waals surface area contributed by atoms with Crippen LogP contribution in [0.3, 0.4) is 0 Å². The Labute approximate surface area is 335 Å². The van der Waals surface area contributed by atoms with E-state index < -0.39 is 0 Å². The predicted octanol–water partition coefficient (Wildman–Crippen LogP) is 14.4. The van der Waals surface area contributed by atoms with E-state index >= 15 is 0 Å². The average molecular weight is 763 g/mol. The first-order valence-corrected chi connectivity index (χ1v) is 20.7. The van der Waals surface area contributed by atoms with E-state index in [2.05, 4.69) is 126 Å². The second-order valence-electron chi connectivity index (χ2n) is 14.4. The highest BCUT2D eigenvalue weighted by Gasteiger charge is 2.19. The third kappa shape index (κ3) is 5.15. The van der Waals surface area contributed by atoms with Crippen LogP contribution < -0.4 is 0 Å². The average Bonchev–Trinajstić information content (AvgIpc) is 3.96. The number of hydrogen-bond acceptors (Lipinski definition) is 5. The van der Waals surface area contributed by atoms with Crippen LogP contribution >= 0.6 is 22.7 Å². The van der Waals surface area contributed by atoms with Crippen molar-refractivity contribution in [3.63, 3.8) is 0 Å². The van der Waals surface area contributed by atoms with Crippen molar-refractivity contribution in [1.82, 2.24) is 19.5 Å². The molecule has 0 saturated carbocycles. The van der Waals surface area contributed by atoms with Gasteiger partial charge in [0.15, 0.2) is 17.5 Å². The van der Waals surface area contributed by atoms with Gasteiger partial charge in [0, 0.05) is 67.8 Å². The third-order valence-corrected chi connectivity index (χ3v) is 13.4. The number of hydrogen-bond donors (Lipinski definition) is 0. The summed E-state index contributed by atoms with van der Waals surface area (Å²) in [5.74, 6) is 1.98. The minimum Gasteiger partial charge on any atom is -0.309 e. The van der Waals surface area contributed by atoms with Crippen LogP contribution in [0, 0.1) is 0 Å². The fourth-order valence-corrected chi connectivity index (χ4v) is 10.8. The first kappa shape index (κ1) is 32.3. The zero-order valence-electron chi connectivity index (χ0n) is 30.4. The first-order valence-electron chi connectivity index (χ1n) is 19.0. The van der Waals surface area contributed by atoms with Crippen LogP contribution in [0.25, 0.3) is 113 Å². The van der Waals surface area contributed by atoms with Crippen LogP contribution in [0.4, 0.5) is 0 Å². The van der Waals surface area contributed by atoms with Crippen molar-refractivity contribution >= 4 is 84.8 Å². The molecule has 0 unspecified atom stereocenters. The van der Waals surface area contributed by atoms with Crippen LogP contribution in [-0.4, -0.2) is 19.5 Å². The minimum absolute atomic E-state index is 0.661. The number of aromatic nitrogens is 4. The summed E-state index contributed by atoms with van der Waals surface area (Å²) in [6.45, 7) is 0. The molecule has 0 fully saturated rings. The summed E-state index contributed by atoms with van der Waals surface area (Å²) in [7, 11) is 0. The monoisotopic (exact) mass is 762 g/mol. The molecule has 4 heterocycles. The van der Waals surface area contributed by atoms with E-state index in [0.29, 0.717) is 17.5 Å². The molecule has 57 heavy (non-hydrogen) atoms. The quantitative estimate of drug-likeness (QED) is 0.175. The summed E-state index contributed by atoms with van der Waals surface area (Å²) >= 11 is 3.71. The van der Waals surface area contributed by atoms with Crippen LogP contribution in [0.15, 0.2) is 182 Å². The van der Waals surface area contributed by atoms with Crippen LogP contribution in [0.1, 0.15) is 0 Å². The van der Waals surface area contributed by atoms with E-state index in [-0.39, 0.29) is 0 Å². The predicted molar refractivity (Wildman–Crippen MR) is 242 cm³/mol. The van der Waals surface area contributed by atoms with Gasteiger partial charge < -0.3 is 4.57 Å². The smallest absolute Gasteiger partial charge is 0.164 e. The van der Waals surface area contributed by atoms with Gasteiger partial charge in [0.2, 0.25) is 0 Å². The molecule has 0 radical (unpaired) electrons. The normalized spacial score (nSPS) is 11.9. The van der Waals surface area contributed by atoms with Crippen molar-refractivity contribution in [1.29, 1.82) is 0 Å². The molecular formula is C51H30N4S2. The fraction of sp³-hybridized carbons (Fsp3) is 0. The van der Waals surface area contributed by atoms with Crippen molar-refractivity contribution in [2.45, 2.75) is 0 Å². The Morgan fingerprint density at radius 1 is 0.351 bits per heavy atom. The molecule has 12 aromatic rings. The van der Waals surface area contributed by atoms with E-state index in [1.807, 2.05) is 83.3 Å². The molecule has 4 aromatic heterocycles. The van der Waals surface area contributed by atoms with E-state index in [1.165, 1.54) is 79.0 Å². The van der Waals surface area contributed by atoms with Gasteiger partial charge in [0.25, 0.3) is 0 Å². The molecule has 0 atom stereocenters. The highest BCUT2D eigenvalue weighted by atomic mass is 32.1. The van der Waals surface area contributed by atoms with Crippen molar-refractivity contribution in [3.05, 3.63) is 182 Å². The van der Waals surface area contributed by atoms with Crippen molar-refractivity contribution in [2.24, 2.45) is 0 Å². The molecule has 4 nitrogen and oxygen atoms in total. The van der Waals surface area contributed by atoms with E-state index in [1.54, 1.807) is 0 Å². The molecule has 266 valence electrons. The molecule has 6 heteroatoms. The molecule has 0 bridgehead atoms. The van der Waals surface area contributed by atoms with Gasteiger partial charge in [0.05, 0.1) is 16.7 Å². The van der Waals surface area contributed by atoms with Crippen molar-refractivity contribution in [2.75, 3.05) is 0 Å². The number of rotatable bonds is 5. The van der Waals surface area contributed by atoms with Crippen LogP contribution in [0.5, 0.6) is 0 Å². The largest absolute Gasteiger partial charge is 0.309 e. The Hall–Kier alpha value is -6.99. The summed E-state index contributed by atoms with van der Waals surface area (Å²) in [5, 5.41) is 7.55. The molecule has 0 aliphatic rings. The highest BCUT2D eigenvalue weighted by molar-refractivity contribution is 7.26. The van der Waals surface area contributed by atoms with Gasteiger partial charge in [-0.05, 0) is 65.7 Å². The van der Waals surface area contributed by atoms with Gasteiger partial charge in [-0.1, -0.05) is 127 Å². The maximum absolute atomic E-state index is 5.03. The van der Waals surface area contributed by atoms with Gasteiger partial charge in [-0.25, -0.2) is 15.0 Å². The molecule has 0 amide bonds. The second kappa shape index (κ2) is 12.8. The zero-order chi connectivity index (χ0) is 37.5. The Morgan fingerprint density at radius 2 is 0.877 bits per heavy atom. The second-order valence-corrected chi connectivity index (χ2v) is 16.5. The van der Waals surface area contributed by atoms with Gasteiger partial charge in [-0.2, -0.15) is 0 Å². The summed E-state index contributed by atoms with van der Waals surface area (Å²) < 4.78 is 7.53. The maximum Gasteiger partial charge on any atom is 0.164 e. The SMILES string of the molecule is c1ccc(-c2nc(-c3ccccc3)nc(-c3ccc4sc5ccc(-c6cccc7c6sc6cccc(-n8c9ccccc9c9ccccc98)c67)cc5c4c3)n2)cc1. The molecule has 0 aliphatic carbocycles. The lowest BCUT2D eigenvalue weighted by molar-refractivity contribution is 1.07. The molecule has 0 aliphatic heterocycles. The van der Waals surface area contributed by atoms with Crippen LogP contribution in [0.2, 0.25) is 0 Å².